The fraction of sp³-hybridized carbons (Fsp3) is 0.357. The van der Waals surface area contributed by atoms with E-state index in [0.29, 0.717) is 6.04 Å². The van der Waals surface area contributed by atoms with Gasteiger partial charge in [-0.05, 0) is 36.1 Å². The summed E-state index contributed by atoms with van der Waals surface area (Å²) in [6, 6.07) is 6.76. The minimum atomic E-state index is 0.487. The van der Waals surface area contributed by atoms with E-state index in [2.05, 4.69) is 22.4 Å². The smallest absolute Gasteiger partial charge is 0.0937 e. The van der Waals surface area contributed by atoms with Crippen molar-refractivity contribution in [2.24, 2.45) is 0 Å². The number of anilines is 1. The van der Waals surface area contributed by atoms with E-state index in [1.165, 1.54) is 22.6 Å². The molecule has 0 saturated heterocycles. The van der Waals surface area contributed by atoms with E-state index in [-0.39, 0.29) is 0 Å². The molecule has 1 aliphatic carbocycles. The summed E-state index contributed by atoms with van der Waals surface area (Å²) in [6.07, 6.45) is 5.19. The van der Waals surface area contributed by atoms with E-state index in [1.54, 1.807) is 11.3 Å². The van der Waals surface area contributed by atoms with E-state index in [9.17, 15) is 0 Å². The molecule has 0 bridgehead atoms. The molecule has 0 fully saturated rings. The Morgan fingerprint density at radius 2 is 2.39 bits per heavy atom. The number of fused-ring (bicyclic) bond motifs is 1. The molecule has 18 heavy (non-hydrogen) atoms. The number of rotatable bonds is 4. The lowest BCUT2D eigenvalue weighted by atomic mass is 10.1. The lowest BCUT2D eigenvalue weighted by molar-refractivity contribution is 0.533. The normalized spacial score (nSPS) is 17.9. The number of hydrogen-bond acceptors (Lipinski definition) is 4. The minimum Gasteiger partial charge on any atom is -0.399 e. The Balaban J connectivity index is 1.59. The second kappa shape index (κ2) is 5.08. The predicted octanol–water partition coefficient (Wildman–Crippen LogP) is 2.54. The van der Waals surface area contributed by atoms with Crippen LogP contribution in [0, 0.1) is 0 Å². The standard InChI is InChI=1S/C14H17N3S/c15-11-2-3-12-10(9-11)1-4-13(12)16-6-5-14-17-7-8-18-14/h2-3,7-9,13,16H,1,4-6,15H2. The third-order valence-corrected chi connectivity index (χ3v) is 4.30. The topological polar surface area (TPSA) is 50.9 Å². The van der Waals surface area contributed by atoms with Gasteiger partial charge in [-0.15, -0.1) is 11.3 Å². The van der Waals surface area contributed by atoms with Gasteiger partial charge in [0.15, 0.2) is 0 Å². The molecule has 0 radical (unpaired) electrons. The van der Waals surface area contributed by atoms with Crippen molar-refractivity contribution in [2.45, 2.75) is 25.3 Å². The summed E-state index contributed by atoms with van der Waals surface area (Å²) in [5, 5.41) is 6.86. The van der Waals surface area contributed by atoms with Crippen LogP contribution in [0.15, 0.2) is 29.8 Å². The number of thiazole rings is 1. The molecule has 0 spiro atoms. The largest absolute Gasteiger partial charge is 0.399 e. The monoisotopic (exact) mass is 259 g/mol. The number of nitrogens with two attached hydrogens (primary N) is 1. The molecule has 1 atom stereocenters. The van der Waals surface area contributed by atoms with Gasteiger partial charge in [0.2, 0.25) is 0 Å². The first kappa shape index (κ1) is 11.7. The number of aryl methyl sites for hydroxylation is 1. The number of nitrogens with zero attached hydrogens (tertiary/aromatic N) is 1. The second-order valence-electron chi connectivity index (χ2n) is 4.68. The summed E-state index contributed by atoms with van der Waals surface area (Å²) in [4.78, 5) is 4.30. The highest BCUT2D eigenvalue weighted by molar-refractivity contribution is 7.09. The van der Waals surface area contributed by atoms with E-state index in [0.717, 1.165) is 25.1 Å². The molecule has 1 heterocycles. The Kier molecular flexibility index (Phi) is 3.30. The Bertz CT molecular complexity index is 522. The number of benzene rings is 1. The molecule has 0 amide bonds. The van der Waals surface area contributed by atoms with Gasteiger partial charge in [0.1, 0.15) is 0 Å². The molecule has 3 nitrogen and oxygen atoms in total. The van der Waals surface area contributed by atoms with Crippen LogP contribution in [-0.2, 0) is 12.8 Å². The van der Waals surface area contributed by atoms with Crippen molar-refractivity contribution in [1.82, 2.24) is 10.3 Å². The molecule has 1 unspecified atom stereocenters. The van der Waals surface area contributed by atoms with E-state index in [1.807, 2.05) is 17.6 Å². The summed E-state index contributed by atoms with van der Waals surface area (Å²) >= 11 is 1.73. The fourth-order valence-electron chi connectivity index (χ4n) is 2.58. The molecule has 0 aliphatic heterocycles. The number of nitrogen functional groups attached to an aromatic ring is 1. The summed E-state index contributed by atoms with van der Waals surface area (Å²) in [6.45, 7) is 0.988. The molecule has 94 valence electrons. The van der Waals surface area contributed by atoms with Crippen molar-refractivity contribution < 1.29 is 0 Å². The maximum Gasteiger partial charge on any atom is 0.0937 e. The van der Waals surface area contributed by atoms with Crippen LogP contribution < -0.4 is 11.1 Å². The van der Waals surface area contributed by atoms with Crippen LogP contribution in [0.4, 0.5) is 5.69 Å². The third-order valence-electron chi connectivity index (χ3n) is 3.46. The van der Waals surface area contributed by atoms with E-state index in [4.69, 9.17) is 5.73 Å². The highest BCUT2D eigenvalue weighted by Crippen LogP contribution is 2.32. The van der Waals surface area contributed by atoms with Gasteiger partial charge in [-0.25, -0.2) is 4.98 Å². The van der Waals surface area contributed by atoms with Gasteiger partial charge >= 0.3 is 0 Å². The van der Waals surface area contributed by atoms with Crippen molar-refractivity contribution in [1.29, 1.82) is 0 Å². The molecular formula is C14H17N3S. The quantitative estimate of drug-likeness (QED) is 0.830. The SMILES string of the molecule is Nc1ccc2c(c1)CCC2NCCc1nccs1. The van der Waals surface area contributed by atoms with Crippen LogP contribution >= 0.6 is 11.3 Å². The molecule has 1 aromatic carbocycles. The summed E-state index contributed by atoms with van der Waals surface area (Å²) in [7, 11) is 0. The molecule has 1 aromatic heterocycles. The zero-order valence-electron chi connectivity index (χ0n) is 10.2. The van der Waals surface area contributed by atoms with Crippen LogP contribution in [0.1, 0.15) is 28.6 Å². The molecule has 3 N–H and O–H groups in total. The summed E-state index contributed by atoms with van der Waals surface area (Å²) in [5.41, 5.74) is 9.51. The van der Waals surface area contributed by atoms with Crippen molar-refractivity contribution in [2.75, 3.05) is 12.3 Å². The second-order valence-corrected chi connectivity index (χ2v) is 5.66. The molecule has 3 rings (SSSR count). The van der Waals surface area contributed by atoms with Crippen molar-refractivity contribution in [3.8, 4) is 0 Å². The van der Waals surface area contributed by atoms with Crippen LogP contribution in [-0.4, -0.2) is 11.5 Å². The van der Waals surface area contributed by atoms with Crippen LogP contribution in [0.3, 0.4) is 0 Å². The van der Waals surface area contributed by atoms with Crippen molar-refractivity contribution in [3.05, 3.63) is 45.9 Å². The zero-order valence-corrected chi connectivity index (χ0v) is 11.0. The average Bonchev–Trinajstić information content (AvgIpc) is 2.99. The number of hydrogen-bond donors (Lipinski definition) is 2. The summed E-state index contributed by atoms with van der Waals surface area (Å²) in [5.74, 6) is 0. The Hall–Kier alpha value is -1.39. The molecular weight excluding hydrogens is 242 g/mol. The van der Waals surface area contributed by atoms with Crippen molar-refractivity contribution in [3.63, 3.8) is 0 Å². The van der Waals surface area contributed by atoms with Gasteiger partial charge in [0.25, 0.3) is 0 Å². The van der Waals surface area contributed by atoms with Gasteiger partial charge < -0.3 is 11.1 Å². The van der Waals surface area contributed by atoms with Crippen LogP contribution in [0.5, 0.6) is 0 Å². The van der Waals surface area contributed by atoms with Gasteiger partial charge in [0, 0.05) is 36.3 Å². The number of nitrogens with one attached hydrogen (secondary N) is 1. The predicted molar refractivity (Wildman–Crippen MR) is 75.7 cm³/mol. The minimum absolute atomic E-state index is 0.487. The fourth-order valence-corrected chi connectivity index (χ4v) is 3.20. The average molecular weight is 259 g/mol. The number of aromatic nitrogens is 1. The first-order valence-corrected chi connectivity index (χ1v) is 7.21. The zero-order chi connectivity index (χ0) is 12.4. The molecule has 2 aromatic rings. The lowest BCUT2D eigenvalue weighted by Gasteiger charge is -2.13. The Labute approximate surface area is 111 Å². The highest BCUT2D eigenvalue weighted by Gasteiger charge is 2.21. The van der Waals surface area contributed by atoms with Gasteiger partial charge in [0.05, 0.1) is 5.01 Å². The van der Waals surface area contributed by atoms with E-state index < -0.39 is 0 Å². The first-order chi connectivity index (χ1) is 8.83. The third kappa shape index (κ3) is 2.40. The highest BCUT2D eigenvalue weighted by atomic mass is 32.1. The molecule has 4 heteroatoms. The van der Waals surface area contributed by atoms with Crippen LogP contribution in [0.25, 0.3) is 0 Å². The lowest BCUT2D eigenvalue weighted by Crippen LogP contribution is -2.21. The maximum atomic E-state index is 5.81. The van der Waals surface area contributed by atoms with Gasteiger partial charge in [-0.1, -0.05) is 6.07 Å². The van der Waals surface area contributed by atoms with Gasteiger partial charge in [-0.3, -0.25) is 0 Å². The molecule has 1 aliphatic rings. The van der Waals surface area contributed by atoms with Gasteiger partial charge in [-0.2, -0.15) is 0 Å². The van der Waals surface area contributed by atoms with E-state index >= 15 is 0 Å². The Morgan fingerprint density at radius 1 is 1.44 bits per heavy atom. The molecule has 0 saturated carbocycles. The summed E-state index contributed by atoms with van der Waals surface area (Å²) < 4.78 is 0. The first-order valence-electron chi connectivity index (χ1n) is 6.33. The maximum absolute atomic E-state index is 5.81. The van der Waals surface area contributed by atoms with Crippen molar-refractivity contribution >= 4 is 17.0 Å². The Morgan fingerprint density at radius 3 is 3.22 bits per heavy atom. The van der Waals surface area contributed by atoms with Crippen LogP contribution in [0.2, 0.25) is 0 Å².